The third kappa shape index (κ3) is 6.93. The number of rotatable bonds is 9. The van der Waals surface area contributed by atoms with E-state index in [0.717, 1.165) is 19.4 Å². The second-order valence-electron chi connectivity index (χ2n) is 5.74. The molecule has 1 amide bonds. The van der Waals surface area contributed by atoms with E-state index in [1.54, 1.807) is 0 Å². The minimum Gasteiger partial charge on any atom is -0.465 e. The van der Waals surface area contributed by atoms with Crippen molar-refractivity contribution in [3.8, 4) is 0 Å². The maximum absolute atomic E-state index is 12.1. The van der Waals surface area contributed by atoms with E-state index < -0.39 is 11.9 Å². The van der Waals surface area contributed by atoms with Crippen molar-refractivity contribution in [1.82, 2.24) is 4.90 Å². The predicted molar refractivity (Wildman–Crippen MR) is 94.8 cm³/mol. The Labute approximate surface area is 148 Å². The van der Waals surface area contributed by atoms with Crippen molar-refractivity contribution < 1.29 is 23.9 Å². The average molecular weight is 350 g/mol. The number of carbonyl (C=O) groups is 3. The van der Waals surface area contributed by atoms with Crippen LogP contribution in [-0.4, -0.2) is 57.1 Å². The quantitative estimate of drug-likeness (QED) is 0.688. The minimum absolute atomic E-state index is 0.167. The molecule has 0 saturated carbocycles. The zero-order valence-corrected chi connectivity index (χ0v) is 15.3. The fraction of sp³-hybridized carbons (Fsp3) is 0.500. The molecule has 138 valence electrons. The largest absolute Gasteiger partial charge is 0.465 e. The second kappa shape index (κ2) is 10.5. The molecule has 25 heavy (non-hydrogen) atoms. The molecule has 0 heterocycles. The van der Waals surface area contributed by atoms with Gasteiger partial charge in [0.1, 0.15) is 0 Å². The average Bonchev–Trinajstić information content (AvgIpc) is 2.62. The number of unbranched alkanes of at least 4 members (excludes halogenated alkanes) is 1. The van der Waals surface area contributed by atoms with Gasteiger partial charge in [0, 0.05) is 18.7 Å². The number of ether oxygens (including phenoxy) is 2. The summed E-state index contributed by atoms with van der Waals surface area (Å²) in [5.74, 6) is -1.39. The Morgan fingerprint density at radius 2 is 1.56 bits per heavy atom. The number of nitrogens with zero attached hydrogens (tertiary/aromatic N) is 1. The van der Waals surface area contributed by atoms with E-state index in [9.17, 15) is 14.4 Å². The number of hydrogen-bond acceptors (Lipinski definition) is 6. The predicted octanol–water partition coefficient (Wildman–Crippen LogP) is 2.32. The number of esters is 2. The van der Waals surface area contributed by atoms with Gasteiger partial charge >= 0.3 is 11.9 Å². The number of methoxy groups -OCH3 is 2. The normalized spacial score (nSPS) is 10.4. The van der Waals surface area contributed by atoms with Gasteiger partial charge in [-0.05, 0) is 38.2 Å². The van der Waals surface area contributed by atoms with Gasteiger partial charge in [0.2, 0.25) is 5.91 Å². The molecule has 0 bridgehead atoms. The first-order valence-corrected chi connectivity index (χ1v) is 8.21. The van der Waals surface area contributed by atoms with Crippen LogP contribution in [0.1, 0.15) is 46.9 Å². The van der Waals surface area contributed by atoms with Crippen molar-refractivity contribution >= 4 is 23.5 Å². The molecule has 0 aliphatic carbocycles. The van der Waals surface area contributed by atoms with Crippen molar-refractivity contribution in [3.05, 3.63) is 29.3 Å². The molecule has 0 aliphatic rings. The summed E-state index contributed by atoms with van der Waals surface area (Å²) in [6.45, 7) is 3.69. The van der Waals surface area contributed by atoms with Gasteiger partial charge in [0.15, 0.2) is 0 Å². The standard InChI is InChI=1S/C18H26N2O5/c1-5-6-8-20(2)9-7-16(21)19-15-11-13(17(22)24-3)10-14(12-15)18(23)25-4/h10-12H,5-9H2,1-4H3,(H,19,21). The fourth-order valence-corrected chi connectivity index (χ4v) is 2.23. The van der Waals surface area contributed by atoms with Crippen molar-refractivity contribution in [3.63, 3.8) is 0 Å². The molecule has 0 aliphatic heterocycles. The molecular weight excluding hydrogens is 324 g/mol. The van der Waals surface area contributed by atoms with Crippen LogP contribution in [0.5, 0.6) is 0 Å². The number of benzene rings is 1. The summed E-state index contributed by atoms with van der Waals surface area (Å²) < 4.78 is 9.34. The monoisotopic (exact) mass is 350 g/mol. The van der Waals surface area contributed by atoms with Crippen LogP contribution in [0.4, 0.5) is 5.69 Å². The summed E-state index contributed by atoms with van der Waals surface area (Å²) in [6, 6.07) is 4.31. The highest BCUT2D eigenvalue weighted by molar-refractivity contribution is 5.99. The SMILES string of the molecule is CCCCN(C)CCC(=O)Nc1cc(C(=O)OC)cc(C(=O)OC)c1. The molecule has 1 rings (SSSR count). The van der Waals surface area contributed by atoms with E-state index in [4.69, 9.17) is 0 Å². The molecule has 0 radical (unpaired) electrons. The van der Waals surface area contributed by atoms with E-state index >= 15 is 0 Å². The lowest BCUT2D eigenvalue weighted by atomic mass is 10.1. The van der Waals surface area contributed by atoms with Gasteiger partial charge in [-0.15, -0.1) is 0 Å². The Kier molecular flexibility index (Phi) is 8.63. The van der Waals surface area contributed by atoms with Gasteiger partial charge in [-0.2, -0.15) is 0 Å². The zero-order valence-electron chi connectivity index (χ0n) is 15.3. The highest BCUT2D eigenvalue weighted by Crippen LogP contribution is 2.17. The lowest BCUT2D eigenvalue weighted by Crippen LogP contribution is -2.25. The highest BCUT2D eigenvalue weighted by atomic mass is 16.5. The Morgan fingerprint density at radius 3 is 2.04 bits per heavy atom. The molecule has 7 nitrogen and oxygen atoms in total. The molecule has 1 aromatic rings. The molecule has 7 heteroatoms. The van der Waals surface area contributed by atoms with Gasteiger partial charge in [0.05, 0.1) is 25.3 Å². The van der Waals surface area contributed by atoms with E-state index in [2.05, 4.69) is 26.6 Å². The first-order valence-electron chi connectivity index (χ1n) is 8.21. The van der Waals surface area contributed by atoms with E-state index in [-0.39, 0.29) is 17.0 Å². The molecule has 0 aromatic heterocycles. The number of carbonyl (C=O) groups excluding carboxylic acids is 3. The Bertz CT molecular complexity index is 581. The van der Waals surface area contributed by atoms with E-state index in [1.807, 2.05) is 7.05 Å². The smallest absolute Gasteiger partial charge is 0.337 e. The van der Waals surface area contributed by atoms with Gasteiger partial charge < -0.3 is 19.7 Å². The van der Waals surface area contributed by atoms with Crippen molar-refractivity contribution in [1.29, 1.82) is 0 Å². The van der Waals surface area contributed by atoms with Crippen LogP contribution in [0, 0.1) is 0 Å². The number of hydrogen-bond donors (Lipinski definition) is 1. The second-order valence-corrected chi connectivity index (χ2v) is 5.74. The molecule has 1 N–H and O–H groups in total. The highest BCUT2D eigenvalue weighted by Gasteiger charge is 2.15. The molecule has 0 spiro atoms. The molecule has 0 fully saturated rings. The summed E-state index contributed by atoms with van der Waals surface area (Å²) in [5.41, 5.74) is 0.686. The summed E-state index contributed by atoms with van der Waals surface area (Å²) in [4.78, 5) is 37.7. The summed E-state index contributed by atoms with van der Waals surface area (Å²) in [5, 5.41) is 2.71. The Morgan fingerprint density at radius 1 is 1.00 bits per heavy atom. The van der Waals surface area contributed by atoms with Crippen LogP contribution in [0.3, 0.4) is 0 Å². The molecule has 0 unspecified atom stereocenters. The Hall–Kier alpha value is -2.41. The van der Waals surface area contributed by atoms with Crippen molar-refractivity contribution in [2.24, 2.45) is 0 Å². The Balaban J connectivity index is 2.80. The third-order valence-corrected chi connectivity index (χ3v) is 3.67. The van der Waals surface area contributed by atoms with Crippen LogP contribution in [0.25, 0.3) is 0 Å². The first kappa shape index (κ1) is 20.6. The van der Waals surface area contributed by atoms with Crippen LogP contribution in [0.15, 0.2) is 18.2 Å². The lowest BCUT2D eigenvalue weighted by molar-refractivity contribution is -0.116. The molecule has 0 saturated heterocycles. The number of anilines is 1. The van der Waals surface area contributed by atoms with Crippen molar-refractivity contribution in [2.75, 3.05) is 39.7 Å². The van der Waals surface area contributed by atoms with E-state index in [0.29, 0.717) is 18.7 Å². The maximum atomic E-state index is 12.1. The van der Waals surface area contributed by atoms with Gasteiger partial charge in [0.25, 0.3) is 0 Å². The van der Waals surface area contributed by atoms with Crippen LogP contribution >= 0.6 is 0 Å². The van der Waals surface area contributed by atoms with Crippen LogP contribution in [0.2, 0.25) is 0 Å². The molecule has 1 aromatic carbocycles. The maximum Gasteiger partial charge on any atom is 0.337 e. The van der Waals surface area contributed by atoms with Crippen LogP contribution < -0.4 is 5.32 Å². The third-order valence-electron chi connectivity index (χ3n) is 3.67. The van der Waals surface area contributed by atoms with Crippen LogP contribution in [-0.2, 0) is 14.3 Å². The minimum atomic E-state index is -0.597. The lowest BCUT2D eigenvalue weighted by Gasteiger charge is -2.16. The fourth-order valence-electron chi connectivity index (χ4n) is 2.23. The summed E-state index contributed by atoms with van der Waals surface area (Å²) in [7, 11) is 4.46. The number of nitrogens with one attached hydrogen (secondary N) is 1. The van der Waals surface area contributed by atoms with E-state index in [1.165, 1.54) is 32.4 Å². The van der Waals surface area contributed by atoms with Crippen molar-refractivity contribution in [2.45, 2.75) is 26.2 Å². The van der Waals surface area contributed by atoms with Gasteiger partial charge in [-0.1, -0.05) is 13.3 Å². The summed E-state index contributed by atoms with van der Waals surface area (Å²) in [6.07, 6.45) is 2.51. The zero-order chi connectivity index (χ0) is 18.8. The number of amides is 1. The first-order chi connectivity index (χ1) is 11.9. The summed E-state index contributed by atoms with van der Waals surface area (Å²) >= 11 is 0. The van der Waals surface area contributed by atoms with Gasteiger partial charge in [-0.3, -0.25) is 4.79 Å². The molecule has 0 atom stereocenters. The topological polar surface area (TPSA) is 84.9 Å². The van der Waals surface area contributed by atoms with Gasteiger partial charge in [-0.25, -0.2) is 9.59 Å². The molecular formula is C18H26N2O5.